The predicted octanol–water partition coefficient (Wildman–Crippen LogP) is 11.4. The van der Waals surface area contributed by atoms with Crippen molar-refractivity contribution in [3.05, 3.63) is 101 Å². The molecule has 3 nitrogen and oxygen atoms in total. The van der Waals surface area contributed by atoms with Gasteiger partial charge in [-0.1, -0.05) is 164 Å². The molecule has 0 aliphatic rings. The highest BCUT2D eigenvalue weighted by atomic mass is 16.5. The summed E-state index contributed by atoms with van der Waals surface area (Å²) >= 11 is 0. The number of unbranched alkanes of at least 4 members (excludes halogenated alkanes) is 10. The van der Waals surface area contributed by atoms with Crippen LogP contribution in [0.15, 0.2) is 78.9 Å². The molecule has 224 valence electrons. The fourth-order valence-corrected chi connectivity index (χ4v) is 5.55. The molecule has 0 radical (unpaired) electrons. The summed E-state index contributed by atoms with van der Waals surface area (Å²) in [7, 11) is 0. The Morgan fingerprint density at radius 2 is 0.976 bits per heavy atom. The maximum absolute atomic E-state index is 10.9. The molecule has 0 aliphatic carbocycles. The second-order valence-electron chi connectivity index (χ2n) is 11.4. The lowest BCUT2D eigenvalue weighted by atomic mass is 10.0. The lowest BCUT2D eigenvalue weighted by molar-refractivity contribution is 0.0208. The number of benzene rings is 3. The Kier molecular flexibility index (Phi) is 16.3. The van der Waals surface area contributed by atoms with E-state index in [4.69, 9.17) is 9.47 Å². The Balaban J connectivity index is 1.63. The Hall–Kier alpha value is -2.62. The summed E-state index contributed by atoms with van der Waals surface area (Å²) in [6.07, 6.45) is 17.3. The van der Waals surface area contributed by atoms with Gasteiger partial charge in [-0.2, -0.15) is 0 Å². The van der Waals surface area contributed by atoms with Gasteiger partial charge in [0.15, 0.2) is 0 Å². The number of hydrogen-bond acceptors (Lipinski definition) is 3. The van der Waals surface area contributed by atoms with E-state index in [1.807, 2.05) is 6.07 Å². The third-order valence-corrected chi connectivity index (χ3v) is 8.10. The van der Waals surface area contributed by atoms with E-state index in [2.05, 4.69) is 80.6 Å². The number of aromatic hydroxyl groups is 1. The first kappa shape index (κ1) is 32.9. The smallest absolute Gasteiger partial charge is 0.121 e. The highest BCUT2D eigenvalue weighted by Crippen LogP contribution is 2.31. The van der Waals surface area contributed by atoms with E-state index in [1.165, 1.54) is 75.3 Å². The summed E-state index contributed by atoms with van der Waals surface area (Å²) in [5, 5.41) is 10.9. The zero-order valence-electron chi connectivity index (χ0n) is 25.7. The van der Waals surface area contributed by atoms with Gasteiger partial charge in [0, 0.05) is 5.56 Å². The second-order valence-corrected chi connectivity index (χ2v) is 11.4. The average molecular weight is 559 g/mol. The van der Waals surface area contributed by atoms with Gasteiger partial charge in [0.2, 0.25) is 0 Å². The average Bonchev–Trinajstić information content (AvgIpc) is 3.01. The van der Waals surface area contributed by atoms with Crippen molar-refractivity contribution in [3.63, 3.8) is 0 Å². The Labute approximate surface area is 250 Å². The van der Waals surface area contributed by atoms with Crippen LogP contribution in [0.3, 0.4) is 0 Å². The highest BCUT2D eigenvalue weighted by molar-refractivity contribution is 5.38. The SMILES string of the molecule is CCCCCCCCC(OCc1cccc(O)c1COC(CCCCCCCC)c1ccccc1)c1ccccc1. The van der Waals surface area contributed by atoms with Crippen molar-refractivity contribution in [2.24, 2.45) is 0 Å². The molecule has 3 aromatic carbocycles. The van der Waals surface area contributed by atoms with Crippen molar-refractivity contribution in [2.75, 3.05) is 0 Å². The van der Waals surface area contributed by atoms with Gasteiger partial charge in [-0.25, -0.2) is 0 Å². The maximum atomic E-state index is 10.9. The van der Waals surface area contributed by atoms with Crippen molar-refractivity contribution < 1.29 is 14.6 Å². The van der Waals surface area contributed by atoms with Gasteiger partial charge in [-0.15, -0.1) is 0 Å². The number of hydrogen-bond donors (Lipinski definition) is 1. The molecule has 3 heteroatoms. The summed E-state index contributed by atoms with van der Waals surface area (Å²) in [6.45, 7) is 5.34. The van der Waals surface area contributed by atoms with Gasteiger partial charge in [-0.05, 0) is 35.6 Å². The van der Waals surface area contributed by atoms with Gasteiger partial charge in [0.25, 0.3) is 0 Å². The van der Waals surface area contributed by atoms with Crippen molar-refractivity contribution in [1.82, 2.24) is 0 Å². The summed E-state index contributed by atoms with van der Waals surface area (Å²) in [5.41, 5.74) is 4.27. The second kappa shape index (κ2) is 20.3. The topological polar surface area (TPSA) is 38.7 Å². The van der Waals surface area contributed by atoms with E-state index < -0.39 is 0 Å². The van der Waals surface area contributed by atoms with Crippen molar-refractivity contribution in [3.8, 4) is 5.75 Å². The van der Waals surface area contributed by atoms with Crippen LogP contribution in [0, 0.1) is 0 Å². The minimum Gasteiger partial charge on any atom is -0.508 e. The molecule has 41 heavy (non-hydrogen) atoms. The van der Waals surface area contributed by atoms with Crippen LogP contribution in [0.2, 0.25) is 0 Å². The van der Waals surface area contributed by atoms with Crippen LogP contribution in [-0.2, 0) is 22.7 Å². The fraction of sp³-hybridized carbons (Fsp3) is 0.526. The molecule has 2 unspecified atom stereocenters. The van der Waals surface area contributed by atoms with Gasteiger partial charge < -0.3 is 14.6 Å². The molecule has 0 aromatic heterocycles. The molecule has 1 N–H and O–H groups in total. The Bertz CT molecular complexity index is 1050. The fourth-order valence-electron chi connectivity index (χ4n) is 5.55. The van der Waals surface area contributed by atoms with Crippen LogP contribution in [-0.4, -0.2) is 5.11 Å². The van der Waals surface area contributed by atoms with Crippen LogP contribution >= 0.6 is 0 Å². The van der Waals surface area contributed by atoms with Crippen LogP contribution in [0.1, 0.15) is 138 Å². The van der Waals surface area contributed by atoms with E-state index in [-0.39, 0.29) is 18.0 Å². The first-order valence-corrected chi connectivity index (χ1v) is 16.4. The summed E-state index contributed by atoms with van der Waals surface area (Å²) < 4.78 is 13.1. The van der Waals surface area contributed by atoms with E-state index >= 15 is 0 Å². The van der Waals surface area contributed by atoms with Crippen LogP contribution in [0.5, 0.6) is 5.75 Å². The zero-order valence-corrected chi connectivity index (χ0v) is 25.7. The van der Waals surface area contributed by atoms with Gasteiger partial charge in [0.05, 0.1) is 25.4 Å². The lowest BCUT2D eigenvalue weighted by Gasteiger charge is -2.22. The standard InChI is InChI=1S/C38H54O3/c1-3-5-7-9-11-19-28-37(32-22-15-13-16-23-32)40-30-34-26-21-27-36(39)35(34)31-41-38(33-24-17-14-18-25-33)29-20-12-10-8-6-4-2/h13-18,21-27,37-39H,3-12,19-20,28-31H2,1-2H3. The molecule has 0 heterocycles. The normalized spacial score (nSPS) is 12.8. The number of rotatable bonds is 22. The van der Waals surface area contributed by atoms with Gasteiger partial charge in [-0.3, -0.25) is 0 Å². The van der Waals surface area contributed by atoms with E-state index in [1.54, 1.807) is 6.07 Å². The van der Waals surface area contributed by atoms with Crippen molar-refractivity contribution >= 4 is 0 Å². The van der Waals surface area contributed by atoms with Gasteiger partial charge in [0.1, 0.15) is 5.75 Å². The van der Waals surface area contributed by atoms with E-state index in [0.717, 1.165) is 36.8 Å². The van der Waals surface area contributed by atoms with Crippen LogP contribution in [0.4, 0.5) is 0 Å². The summed E-state index contributed by atoms with van der Waals surface area (Å²) in [4.78, 5) is 0. The molecule has 0 saturated carbocycles. The molecule has 3 aromatic rings. The van der Waals surface area contributed by atoms with Crippen molar-refractivity contribution in [2.45, 2.75) is 129 Å². The van der Waals surface area contributed by atoms with Gasteiger partial charge >= 0.3 is 0 Å². The van der Waals surface area contributed by atoms with Crippen LogP contribution in [0.25, 0.3) is 0 Å². The molecular formula is C38H54O3. The first-order valence-electron chi connectivity index (χ1n) is 16.4. The molecule has 3 rings (SSSR count). The largest absolute Gasteiger partial charge is 0.508 e. The third kappa shape index (κ3) is 12.4. The number of phenolic OH excluding ortho intramolecular Hbond substituents is 1. The molecule has 0 amide bonds. The molecule has 0 bridgehead atoms. The van der Waals surface area contributed by atoms with Crippen LogP contribution < -0.4 is 0 Å². The quantitative estimate of drug-likeness (QED) is 0.125. The van der Waals surface area contributed by atoms with E-state index in [9.17, 15) is 5.11 Å². The molecule has 0 aliphatic heterocycles. The van der Waals surface area contributed by atoms with Crippen molar-refractivity contribution in [1.29, 1.82) is 0 Å². The molecule has 0 spiro atoms. The molecule has 0 fully saturated rings. The molecular weight excluding hydrogens is 504 g/mol. The highest BCUT2D eigenvalue weighted by Gasteiger charge is 2.17. The monoisotopic (exact) mass is 558 g/mol. The Morgan fingerprint density at radius 3 is 1.49 bits per heavy atom. The maximum Gasteiger partial charge on any atom is 0.121 e. The first-order chi connectivity index (χ1) is 20.2. The number of ether oxygens (including phenoxy) is 2. The molecule has 0 saturated heterocycles. The lowest BCUT2D eigenvalue weighted by Crippen LogP contribution is -2.09. The minimum absolute atomic E-state index is 0.0144. The predicted molar refractivity (Wildman–Crippen MR) is 172 cm³/mol. The van der Waals surface area contributed by atoms with E-state index in [0.29, 0.717) is 13.2 Å². The molecule has 2 atom stereocenters. The summed E-state index contributed by atoms with van der Waals surface area (Å²) in [5.74, 6) is 0.282. The number of phenols is 1. The summed E-state index contributed by atoms with van der Waals surface area (Å²) in [6, 6.07) is 26.8. The third-order valence-electron chi connectivity index (χ3n) is 8.10. The zero-order chi connectivity index (χ0) is 29.0. The minimum atomic E-state index is 0.0144. The Morgan fingerprint density at radius 1 is 0.512 bits per heavy atom.